The molecule has 0 aliphatic carbocycles. The third-order valence-corrected chi connectivity index (χ3v) is 6.57. The van der Waals surface area contributed by atoms with Crippen molar-refractivity contribution in [3.63, 3.8) is 0 Å². The van der Waals surface area contributed by atoms with Crippen molar-refractivity contribution in [3.05, 3.63) is 60.7 Å². The van der Waals surface area contributed by atoms with E-state index < -0.39 is 0 Å². The van der Waals surface area contributed by atoms with E-state index in [0.29, 0.717) is 0 Å². The second kappa shape index (κ2) is 6.79. The van der Waals surface area contributed by atoms with Crippen LogP contribution in [-0.2, 0) is 0 Å². The van der Waals surface area contributed by atoms with Crippen LogP contribution >= 0.6 is 0 Å². The van der Waals surface area contributed by atoms with Gasteiger partial charge in [-0.25, -0.2) is 0 Å². The maximum atomic E-state index is 5.73. The van der Waals surface area contributed by atoms with Gasteiger partial charge in [0.2, 0.25) is 0 Å². The number of methoxy groups -OCH3 is 4. The van der Waals surface area contributed by atoms with Gasteiger partial charge in [-0.1, -0.05) is 24.3 Å². The third kappa shape index (κ3) is 2.32. The molecule has 0 unspecified atom stereocenters. The molecule has 0 N–H and O–H groups in total. The van der Waals surface area contributed by atoms with E-state index >= 15 is 0 Å². The maximum absolute atomic E-state index is 5.73. The zero-order valence-electron chi connectivity index (χ0n) is 18.4. The Labute approximate surface area is 185 Å². The van der Waals surface area contributed by atoms with E-state index in [4.69, 9.17) is 18.9 Å². The summed E-state index contributed by atoms with van der Waals surface area (Å²) in [4.78, 5) is 0. The Morgan fingerprint density at radius 1 is 0.406 bits per heavy atom. The van der Waals surface area contributed by atoms with Crippen LogP contribution in [0.1, 0.15) is 0 Å². The number of benzene rings is 6. The van der Waals surface area contributed by atoms with Gasteiger partial charge in [-0.3, -0.25) is 0 Å². The highest BCUT2D eigenvalue weighted by molar-refractivity contribution is 6.33. The first-order chi connectivity index (χ1) is 15.7. The molecule has 6 aromatic rings. The van der Waals surface area contributed by atoms with E-state index in [9.17, 15) is 0 Å². The lowest BCUT2D eigenvalue weighted by atomic mass is 9.88. The van der Waals surface area contributed by atoms with E-state index in [0.717, 1.165) is 44.5 Å². The van der Waals surface area contributed by atoms with Gasteiger partial charge in [-0.2, -0.15) is 0 Å². The van der Waals surface area contributed by atoms with Crippen LogP contribution in [0.3, 0.4) is 0 Å². The van der Waals surface area contributed by atoms with Gasteiger partial charge < -0.3 is 18.9 Å². The van der Waals surface area contributed by atoms with Crippen molar-refractivity contribution in [2.75, 3.05) is 28.4 Å². The van der Waals surface area contributed by atoms with Crippen LogP contribution in [0.5, 0.6) is 23.0 Å². The van der Waals surface area contributed by atoms with E-state index in [1.54, 1.807) is 28.4 Å². The molecule has 0 heterocycles. The number of ether oxygens (including phenoxy) is 4. The molecule has 0 amide bonds. The third-order valence-electron chi connectivity index (χ3n) is 6.57. The zero-order valence-corrected chi connectivity index (χ0v) is 18.4. The van der Waals surface area contributed by atoms with Gasteiger partial charge >= 0.3 is 0 Å². The van der Waals surface area contributed by atoms with Gasteiger partial charge in [0.15, 0.2) is 23.0 Å². The highest BCUT2D eigenvalue weighted by atomic mass is 16.5. The van der Waals surface area contributed by atoms with Crippen LogP contribution in [-0.4, -0.2) is 28.4 Å². The molecular formula is C28H22O4. The van der Waals surface area contributed by atoms with E-state index in [-0.39, 0.29) is 0 Å². The maximum Gasteiger partial charge on any atom is 0.168 e. The molecule has 4 heteroatoms. The molecule has 6 rings (SSSR count). The highest BCUT2D eigenvalue weighted by Crippen LogP contribution is 2.46. The first-order valence-corrected chi connectivity index (χ1v) is 10.5. The summed E-state index contributed by atoms with van der Waals surface area (Å²) in [5.41, 5.74) is 0. The summed E-state index contributed by atoms with van der Waals surface area (Å²) >= 11 is 0. The van der Waals surface area contributed by atoms with E-state index in [1.807, 2.05) is 12.1 Å². The van der Waals surface area contributed by atoms with Crippen LogP contribution in [0, 0.1) is 0 Å². The van der Waals surface area contributed by atoms with Crippen LogP contribution in [0.2, 0.25) is 0 Å². The molecule has 158 valence electrons. The Kier molecular flexibility index (Phi) is 3.99. The fourth-order valence-corrected chi connectivity index (χ4v) is 5.21. The van der Waals surface area contributed by atoms with Gasteiger partial charge in [-0.05, 0) is 79.5 Å². The fraction of sp³-hybridized carbons (Fsp3) is 0.143. The van der Waals surface area contributed by atoms with Gasteiger partial charge in [0, 0.05) is 10.8 Å². The van der Waals surface area contributed by atoms with Crippen molar-refractivity contribution in [3.8, 4) is 23.0 Å². The quantitative estimate of drug-likeness (QED) is 0.228. The largest absolute Gasteiger partial charge is 0.493 e. The second-order valence-corrected chi connectivity index (χ2v) is 7.97. The molecule has 0 aliphatic rings. The van der Waals surface area contributed by atoms with Crippen molar-refractivity contribution in [2.24, 2.45) is 0 Å². The number of fused-ring (bicyclic) bond motifs is 4. The summed E-state index contributed by atoms with van der Waals surface area (Å²) in [7, 11) is 6.72. The van der Waals surface area contributed by atoms with Crippen LogP contribution in [0.15, 0.2) is 60.7 Å². The minimum Gasteiger partial charge on any atom is -0.493 e. The van der Waals surface area contributed by atoms with Gasteiger partial charge in [0.25, 0.3) is 0 Å². The topological polar surface area (TPSA) is 36.9 Å². The molecule has 0 saturated heterocycles. The molecule has 4 nitrogen and oxygen atoms in total. The number of hydrogen-bond donors (Lipinski definition) is 0. The highest BCUT2D eigenvalue weighted by Gasteiger charge is 2.18. The molecule has 0 aliphatic heterocycles. The van der Waals surface area contributed by atoms with Crippen molar-refractivity contribution < 1.29 is 18.9 Å². The van der Waals surface area contributed by atoms with E-state index in [1.165, 1.54) is 32.3 Å². The molecule has 6 aromatic carbocycles. The molecule has 0 bridgehead atoms. The summed E-state index contributed by atoms with van der Waals surface area (Å²) in [5, 5.41) is 11.7. The minimum absolute atomic E-state index is 0.736. The SMILES string of the molecule is COc1ccc2c(cc3ccc4c5ccc(OC)c(OC)c5cc5ccc2c3c54)c1OC. The lowest BCUT2D eigenvalue weighted by Gasteiger charge is -2.18. The summed E-state index contributed by atoms with van der Waals surface area (Å²) < 4.78 is 22.5. The smallest absolute Gasteiger partial charge is 0.168 e. The van der Waals surface area contributed by atoms with Gasteiger partial charge in [-0.15, -0.1) is 0 Å². The molecular weight excluding hydrogens is 400 g/mol. The lowest BCUT2D eigenvalue weighted by Crippen LogP contribution is -1.94. The average molecular weight is 422 g/mol. The zero-order chi connectivity index (χ0) is 22.0. The van der Waals surface area contributed by atoms with Crippen LogP contribution < -0.4 is 18.9 Å². The predicted molar refractivity (Wildman–Crippen MR) is 131 cm³/mol. The molecule has 32 heavy (non-hydrogen) atoms. The Morgan fingerprint density at radius 2 is 0.812 bits per heavy atom. The first-order valence-electron chi connectivity index (χ1n) is 10.5. The monoisotopic (exact) mass is 422 g/mol. The van der Waals surface area contributed by atoms with Crippen molar-refractivity contribution in [1.82, 2.24) is 0 Å². The summed E-state index contributed by atoms with van der Waals surface area (Å²) in [6, 6.07) is 21.4. The van der Waals surface area contributed by atoms with Crippen LogP contribution in [0.4, 0.5) is 0 Å². The van der Waals surface area contributed by atoms with Gasteiger partial charge in [0.1, 0.15) is 0 Å². The fourth-order valence-electron chi connectivity index (χ4n) is 5.21. The normalized spacial score (nSPS) is 11.8. The first kappa shape index (κ1) is 18.8. The Hall–Kier alpha value is -3.92. The molecule has 0 aromatic heterocycles. The summed E-state index contributed by atoms with van der Waals surface area (Å²) in [5.74, 6) is 3.00. The minimum atomic E-state index is 0.736. The lowest BCUT2D eigenvalue weighted by molar-refractivity contribution is 0.358. The predicted octanol–water partition coefficient (Wildman–Crippen LogP) is 6.92. The van der Waals surface area contributed by atoms with Crippen LogP contribution in [0.25, 0.3) is 53.9 Å². The molecule has 0 radical (unpaired) electrons. The summed E-state index contributed by atoms with van der Waals surface area (Å²) in [6.45, 7) is 0. The Bertz CT molecular complexity index is 1540. The molecule has 0 saturated carbocycles. The van der Waals surface area contributed by atoms with Gasteiger partial charge in [0.05, 0.1) is 28.4 Å². The molecule has 0 spiro atoms. The molecule has 0 fully saturated rings. The second-order valence-electron chi connectivity index (χ2n) is 7.97. The molecule has 0 atom stereocenters. The van der Waals surface area contributed by atoms with Crippen molar-refractivity contribution >= 4 is 53.9 Å². The van der Waals surface area contributed by atoms with Crippen molar-refractivity contribution in [1.29, 1.82) is 0 Å². The van der Waals surface area contributed by atoms with Crippen molar-refractivity contribution in [2.45, 2.75) is 0 Å². The average Bonchev–Trinajstić information content (AvgIpc) is 2.84. The van der Waals surface area contributed by atoms with E-state index in [2.05, 4.69) is 48.5 Å². The Morgan fingerprint density at radius 3 is 1.19 bits per heavy atom. The number of rotatable bonds is 4. The standard InChI is InChI=1S/C28H22O4/c1-29-23-11-9-17-19-7-6-16-14-22-18(10-12-24(30-2)28(22)32-4)20-8-5-15(25(19)26(16)20)13-21(17)27(23)31-3/h5-14H,1-4H3. The summed E-state index contributed by atoms with van der Waals surface area (Å²) in [6.07, 6.45) is 0. The number of hydrogen-bond acceptors (Lipinski definition) is 4. The Balaban J connectivity index is 1.82.